The predicted octanol–water partition coefficient (Wildman–Crippen LogP) is 3.60. The first kappa shape index (κ1) is 22.6. The van der Waals surface area contributed by atoms with Crippen molar-refractivity contribution in [2.75, 3.05) is 32.2 Å². The maximum Gasteiger partial charge on any atom is 0.338 e. The van der Waals surface area contributed by atoms with Gasteiger partial charge in [-0.2, -0.15) is 0 Å². The van der Waals surface area contributed by atoms with Crippen LogP contribution in [0.4, 0.5) is 5.69 Å². The number of carbonyl (C=O) groups excluding carboxylic acids is 2. The van der Waals surface area contributed by atoms with Crippen LogP contribution < -0.4 is 4.90 Å². The Hall–Kier alpha value is -3.12. The van der Waals surface area contributed by atoms with Crippen LogP contribution in [0.2, 0.25) is 0 Å². The highest BCUT2D eigenvalue weighted by atomic mass is 16.6. The molecule has 2 aromatic rings. The number of hydrogen-bond donors (Lipinski definition) is 1. The molecule has 2 aromatic carbocycles. The van der Waals surface area contributed by atoms with Gasteiger partial charge in [0, 0.05) is 31.8 Å². The number of carbonyl (C=O) groups is 2. The van der Waals surface area contributed by atoms with Gasteiger partial charge < -0.3 is 19.5 Å². The fourth-order valence-electron chi connectivity index (χ4n) is 3.88. The second-order valence-electron chi connectivity index (χ2n) is 8.41. The first-order valence-corrected chi connectivity index (χ1v) is 10.2. The van der Waals surface area contributed by atoms with Crippen LogP contribution in [0.15, 0.2) is 42.0 Å². The van der Waals surface area contributed by atoms with Crippen LogP contribution in [0.3, 0.4) is 0 Å². The summed E-state index contributed by atoms with van der Waals surface area (Å²) in [4.78, 5) is 27.1. The van der Waals surface area contributed by atoms with E-state index in [0.717, 1.165) is 27.9 Å². The Kier molecular flexibility index (Phi) is 6.51. The molecule has 6 heteroatoms. The van der Waals surface area contributed by atoms with Gasteiger partial charge in [-0.15, -0.1) is 0 Å². The molecule has 1 aliphatic heterocycles. The molecule has 1 heterocycles. The maximum atomic E-state index is 12.7. The second kappa shape index (κ2) is 8.94. The Morgan fingerprint density at radius 1 is 1.16 bits per heavy atom. The number of aliphatic hydroxyl groups excluding tert-OH is 1. The van der Waals surface area contributed by atoms with Crippen molar-refractivity contribution in [3.8, 4) is 0 Å². The molecule has 0 bridgehead atoms. The number of rotatable bonds is 6. The van der Waals surface area contributed by atoms with E-state index in [1.54, 1.807) is 6.08 Å². The lowest BCUT2D eigenvalue weighted by Gasteiger charge is -2.24. The van der Waals surface area contributed by atoms with Crippen molar-refractivity contribution in [3.05, 3.63) is 69.8 Å². The first-order chi connectivity index (χ1) is 14.6. The molecule has 164 valence electrons. The van der Waals surface area contributed by atoms with Crippen LogP contribution in [-0.2, 0) is 14.3 Å². The molecule has 0 amide bonds. The molecule has 3 rings (SSSR count). The average molecular weight is 424 g/mol. The summed E-state index contributed by atoms with van der Waals surface area (Å²) in [7, 11) is 3.91. The van der Waals surface area contributed by atoms with Crippen molar-refractivity contribution < 1.29 is 24.2 Å². The van der Waals surface area contributed by atoms with Gasteiger partial charge >= 0.3 is 11.9 Å². The molecule has 1 unspecified atom stereocenters. The SMILES string of the molecule is Cc1cc(C)c(C(=O)OCC2(CO)C/C(=C/c3ccc(N(C)C)cc3)C(=O)O2)c(C)c1. The minimum Gasteiger partial charge on any atom is -0.458 e. The van der Waals surface area contributed by atoms with Crippen LogP contribution in [-0.4, -0.2) is 50.0 Å². The highest BCUT2D eigenvalue weighted by Gasteiger charge is 2.44. The van der Waals surface area contributed by atoms with Crippen molar-refractivity contribution in [3.63, 3.8) is 0 Å². The number of hydrogen-bond acceptors (Lipinski definition) is 6. The van der Waals surface area contributed by atoms with E-state index in [-0.39, 0.29) is 13.0 Å². The van der Waals surface area contributed by atoms with E-state index in [4.69, 9.17) is 9.47 Å². The van der Waals surface area contributed by atoms with Crippen molar-refractivity contribution in [2.45, 2.75) is 32.8 Å². The quantitative estimate of drug-likeness (QED) is 0.565. The fourth-order valence-corrected chi connectivity index (χ4v) is 3.88. The van der Waals surface area contributed by atoms with E-state index in [1.807, 2.05) is 76.2 Å². The lowest BCUT2D eigenvalue weighted by molar-refractivity contribution is -0.154. The van der Waals surface area contributed by atoms with E-state index < -0.39 is 24.1 Å². The van der Waals surface area contributed by atoms with E-state index >= 15 is 0 Å². The minimum atomic E-state index is -1.27. The van der Waals surface area contributed by atoms with Gasteiger partial charge in [-0.1, -0.05) is 29.8 Å². The molecule has 0 saturated carbocycles. The van der Waals surface area contributed by atoms with Gasteiger partial charge in [0.25, 0.3) is 0 Å². The zero-order valence-electron chi connectivity index (χ0n) is 18.7. The smallest absolute Gasteiger partial charge is 0.338 e. The summed E-state index contributed by atoms with van der Waals surface area (Å²) in [6, 6.07) is 11.6. The van der Waals surface area contributed by atoms with Gasteiger partial charge in [0.1, 0.15) is 6.61 Å². The second-order valence-corrected chi connectivity index (χ2v) is 8.41. The third-order valence-electron chi connectivity index (χ3n) is 5.47. The summed E-state index contributed by atoms with van der Waals surface area (Å²) in [5.74, 6) is -1.000. The molecule has 1 aliphatic rings. The van der Waals surface area contributed by atoms with Crippen LogP contribution in [0.25, 0.3) is 6.08 Å². The van der Waals surface area contributed by atoms with Gasteiger partial charge in [-0.3, -0.25) is 0 Å². The largest absolute Gasteiger partial charge is 0.458 e. The number of anilines is 1. The molecule has 1 atom stereocenters. The Morgan fingerprint density at radius 3 is 2.32 bits per heavy atom. The van der Waals surface area contributed by atoms with Crippen LogP contribution >= 0.6 is 0 Å². The summed E-state index contributed by atoms with van der Waals surface area (Å²) in [6.45, 7) is 5.04. The molecule has 0 spiro atoms. The number of nitrogens with zero attached hydrogens (tertiary/aromatic N) is 1. The summed E-state index contributed by atoms with van der Waals surface area (Å²) in [5.41, 5.74) is 4.29. The predicted molar refractivity (Wildman–Crippen MR) is 120 cm³/mol. The number of cyclic esters (lactones) is 1. The van der Waals surface area contributed by atoms with Gasteiger partial charge in [0.15, 0.2) is 5.60 Å². The lowest BCUT2D eigenvalue weighted by atomic mass is 9.97. The summed E-state index contributed by atoms with van der Waals surface area (Å²) in [6.07, 6.45) is 1.91. The number of esters is 2. The Bertz CT molecular complexity index is 1000. The van der Waals surface area contributed by atoms with Gasteiger partial charge in [-0.25, -0.2) is 9.59 Å². The van der Waals surface area contributed by atoms with Crippen LogP contribution in [0.5, 0.6) is 0 Å². The van der Waals surface area contributed by atoms with Crippen molar-refractivity contribution in [1.29, 1.82) is 0 Å². The molecule has 1 saturated heterocycles. The van der Waals surface area contributed by atoms with Crippen LogP contribution in [0, 0.1) is 20.8 Å². The average Bonchev–Trinajstić information content (AvgIpc) is 3.02. The number of aryl methyl sites for hydroxylation is 3. The Morgan fingerprint density at radius 2 is 1.77 bits per heavy atom. The third-order valence-corrected chi connectivity index (χ3v) is 5.47. The highest BCUT2D eigenvalue weighted by Crippen LogP contribution is 2.33. The molecule has 6 nitrogen and oxygen atoms in total. The van der Waals surface area contributed by atoms with E-state index in [2.05, 4.69) is 0 Å². The summed E-state index contributed by atoms with van der Waals surface area (Å²) < 4.78 is 11.0. The molecule has 1 N–H and O–H groups in total. The summed E-state index contributed by atoms with van der Waals surface area (Å²) >= 11 is 0. The van der Waals surface area contributed by atoms with Gasteiger partial charge in [0.05, 0.1) is 12.2 Å². The highest BCUT2D eigenvalue weighted by molar-refractivity contribution is 5.96. The van der Waals surface area contributed by atoms with Gasteiger partial charge in [-0.05, 0) is 55.7 Å². The summed E-state index contributed by atoms with van der Waals surface area (Å²) in [5, 5.41) is 9.94. The molecular weight excluding hydrogens is 394 g/mol. The van der Waals surface area contributed by atoms with E-state index in [1.165, 1.54) is 0 Å². The van der Waals surface area contributed by atoms with Crippen molar-refractivity contribution >= 4 is 23.7 Å². The van der Waals surface area contributed by atoms with E-state index in [9.17, 15) is 14.7 Å². The molecular formula is C25H29NO5. The third kappa shape index (κ3) is 4.97. The molecule has 0 radical (unpaired) electrons. The van der Waals surface area contributed by atoms with Crippen molar-refractivity contribution in [2.24, 2.45) is 0 Å². The fraction of sp³-hybridized carbons (Fsp3) is 0.360. The molecule has 31 heavy (non-hydrogen) atoms. The number of ether oxygens (including phenoxy) is 2. The van der Waals surface area contributed by atoms with Crippen LogP contribution in [0.1, 0.15) is 39.0 Å². The Balaban J connectivity index is 1.74. The van der Waals surface area contributed by atoms with Crippen molar-refractivity contribution in [1.82, 2.24) is 0 Å². The molecule has 1 fully saturated rings. The molecule has 0 aromatic heterocycles. The van der Waals surface area contributed by atoms with Gasteiger partial charge in [0.2, 0.25) is 0 Å². The zero-order valence-corrected chi connectivity index (χ0v) is 18.7. The number of aliphatic hydroxyl groups is 1. The minimum absolute atomic E-state index is 0.164. The normalized spacial score (nSPS) is 19.4. The van der Waals surface area contributed by atoms with E-state index in [0.29, 0.717) is 11.1 Å². The lowest BCUT2D eigenvalue weighted by Crippen LogP contribution is -2.39. The topological polar surface area (TPSA) is 76.1 Å². The first-order valence-electron chi connectivity index (χ1n) is 10.2. The molecule has 0 aliphatic carbocycles. The monoisotopic (exact) mass is 423 g/mol. The standard InChI is InChI=1S/C25H29NO5/c1-16-10-17(2)22(18(3)11-16)24(29)30-15-25(14-27)13-20(23(28)31-25)12-19-6-8-21(9-7-19)26(4)5/h6-12,27H,13-15H2,1-5H3/b20-12-. The zero-order chi connectivity index (χ0) is 22.8. The maximum absolute atomic E-state index is 12.7. The number of benzene rings is 2. The Labute approximate surface area is 183 Å².